The third kappa shape index (κ3) is 2.85. The summed E-state index contributed by atoms with van der Waals surface area (Å²) in [4.78, 5) is 29.9. The van der Waals surface area contributed by atoms with Crippen molar-refractivity contribution in [2.24, 2.45) is 0 Å². The molecule has 0 bridgehead atoms. The van der Waals surface area contributed by atoms with Gasteiger partial charge in [0.1, 0.15) is 5.70 Å². The largest absolute Gasteiger partial charge is 0.336 e. The molecule has 4 heteroatoms. The Morgan fingerprint density at radius 3 is 2.57 bits per heavy atom. The third-order valence-electron chi connectivity index (χ3n) is 5.63. The number of carbonyl (C=O) groups is 2. The molecule has 28 heavy (non-hydrogen) atoms. The lowest BCUT2D eigenvalue weighted by Crippen LogP contribution is -2.37. The molecule has 0 aliphatic carbocycles. The molecule has 142 valence electrons. The van der Waals surface area contributed by atoms with Gasteiger partial charge in [-0.05, 0) is 55.0 Å². The van der Waals surface area contributed by atoms with Crippen molar-refractivity contribution in [1.29, 1.82) is 0 Å². The van der Waals surface area contributed by atoms with E-state index in [0.717, 1.165) is 41.8 Å². The van der Waals surface area contributed by atoms with Crippen molar-refractivity contribution < 1.29 is 9.59 Å². The first kappa shape index (κ1) is 18.2. The summed E-state index contributed by atoms with van der Waals surface area (Å²) in [5.41, 5.74) is 6.27. The quantitative estimate of drug-likeness (QED) is 0.601. The van der Waals surface area contributed by atoms with E-state index in [9.17, 15) is 9.59 Å². The molecule has 0 unspecified atom stereocenters. The average molecular weight is 372 g/mol. The van der Waals surface area contributed by atoms with Crippen LogP contribution < -0.4 is 4.90 Å². The number of fused-ring (bicyclic) bond motifs is 1. The second kappa shape index (κ2) is 7.12. The van der Waals surface area contributed by atoms with Crippen molar-refractivity contribution in [2.75, 3.05) is 18.0 Å². The standard InChI is InChI=1S/C24H24N2O2/c1-4-13-26-23(27)21(19-12-11-16(2)17(3)15-19)22(24(26)28)25-14-7-9-18-8-5-6-10-20(18)25/h4-6,8,10-12,15H,1,7,9,13-14H2,2-3H3. The van der Waals surface area contributed by atoms with Crippen LogP contribution in [-0.4, -0.2) is 29.8 Å². The Morgan fingerprint density at radius 1 is 1.04 bits per heavy atom. The van der Waals surface area contributed by atoms with Gasteiger partial charge in [-0.25, -0.2) is 0 Å². The maximum absolute atomic E-state index is 13.3. The molecule has 0 saturated carbocycles. The van der Waals surface area contributed by atoms with Crippen molar-refractivity contribution in [1.82, 2.24) is 4.90 Å². The van der Waals surface area contributed by atoms with Gasteiger partial charge in [0.05, 0.1) is 5.57 Å². The first-order chi connectivity index (χ1) is 13.5. The molecule has 0 saturated heterocycles. The monoisotopic (exact) mass is 372 g/mol. The van der Waals surface area contributed by atoms with Crippen LogP contribution >= 0.6 is 0 Å². The van der Waals surface area contributed by atoms with Crippen molar-refractivity contribution in [3.63, 3.8) is 0 Å². The molecule has 4 nitrogen and oxygen atoms in total. The van der Waals surface area contributed by atoms with Crippen LogP contribution in [0.1, 0.15) is 28.7 Å². The number of benzene rings is 2. The molecule has 2 heterocycles. The van der Waals surface area contributed by atoms with Crippen LogP contribution in [0.4, 0.5) is 5.69 Å². The van der Waals surface area contributed by atoms with Crippen LogP contribution in [-0.2, 0) is 16.0 Å². The van der Waals surface area contributed by atoms with Gasteiger partial charge >= 0.3 is 0 Å². The molecule has 4 rings (SSSR count). The van der Waals surface area contributed by atoms with Gasteiger partial charge in [-0.15, -0.1) is 6.58 Å². The lowest BCUT2D eigenvalue weighted by Gasteiger charge is -2.32. The van der Waals surface area contributed by atoms with Crippen molar-refractivity contribution >= 4 is 23.1 Å². The predicted molar refractivity (Wildman–Crippen MR) is 112 cm³/mol. The fourth-order valence-electron chi connectivity index (χ4n) is 4.03. The van der Waals surface area contributed by atoms with E-state index in [0.29, 0.717) is 11.3 Å². The Kier molecular flexibility index (Phi) is 4.63. The van der Waals surface area contributed by atoms with E-state index >= 15 is 0 Å². The van der Waals surface area contributed by atoms with Gasteiger partial charge in [0.15, 0.2) is 0 Å². The van der Waals surface area contributed by atoms with Gasteiger partial charge in [-0.2, -0.15) is 0 Å². The lowest BCUT2D eigenvalue weighted by atomic mass is 9.97. The summed E-state index contributed by atoms with van der Waals surface area (Å²) in [6.45, 7) is 8.72. The number of hydrogen-bond acceptors (Lipinski definition) is 3. The van der Waals surface area contributed by atoms with Gasteiger partial charge in [0, 0.05) is 18.8 Å². The SMILES string of the molecule is C=CCN1C(=O)C(c2ccc(C)c(C)c2)=C(N2CCCc3ccccc32)C1=O. The molecule has 2 aliphatic rings. The van der Waals surface area contributed by atoms with Gasteiger partial charge in [0.2, 0.25) is 0 Å². The number of carbonyl (C=O) groups excluding carboxylic acids is 2. The summed E-state index contributed by atoms with van der Waals surface area (Å²) in [7, 11) is 0. The Balaban J connectivity index is 1.92. The van der Waals surface area contributed by atoms with Gasteiger partial charge in [-0.3, -0.25) is 14.5 Å². The van der Waals surface area contributed by atoms with E-state index in [1.54, 1.807) is 6.08 Å². The first-order valence-corrected chi connectivity index (χ1v) is 9.67. The lowest BCUT2D eigenvalue weighted by molar-refractivity contribution is -0.136. The number of imide groups is 1. The number of hydrogen-bond donors (Lipinski definition) is 0. The highest BCUT2D eigenvalue weighted by Gasteiger charge is 2.42. The van der Waals surface area contributed by atoms with Crippen LogP contribution in [0.15, 0.2) is 60.8 Å². The van der Waals surface area contributed by atoms with E-state index in [-0.39, 0.29) is 18.4 Å². The molecule has 0 aromatic heterocycles. The summed E-state index contributed by atoms with van der Waals surface area (Å²) >= 11 is 0. The van der Waals surface area contributed by atoms with Gasteiger partial charge in [-0.1, -0.05) is 42.5 Å². The zero-order valence-corrected chi connectivity index (χ0v) is 16.4. The number of para-hydroxylation sites is 1. The van der Waals surface area contributed by atoms with Crippen molar-refractivity contribution in [3.05, 3.63) is 83.1 Å². The van der Waals surface area contributed by atoms with E-state index in [1.807, 2.05) is 55.1 Å². The smallest absolute Gasteiger partial charge is 0.278 e. The van der Waals surface area contributed by atoms with E-state index in [2.05, 4.69) is 12.6 Å². The highest BCUT2D eigenvalue weighted by molar-refractivity contribution is 6.36. The molecular formula is C24H24N2O2. The zero-order chi connectivity index (χ0) is 19.8. The predicted octanol–water partition coefficient (Wildman–Crippen LogP) is 4.02. The van der Waals surface area contributed by atoms with Crippen LogP contribution in [0.3, 0.4) is 0 Å². The van der Waals surface area contributed by atoms with E-state index in [4.69, 9.17) is 0 Å². The average Bonchev–Trinajstić information content (AvgIpc) is 2.94. The molecule has 2 aromatic carbocycles. The van der Waals surface area contributed by atoms with E-state index < -0.39 is 0 Å². The maximum Gasteiger partial charge on any atom is 0.278 e. The first-order valence-electron chi connectivity index (χ1n) is 9.67. The minimum absolute atomic E-state index is 0.213. The summed E-state index contributed by atoms with van der Waals surface area (Å²) in [5.74, 6) is -0.485. The molecule has 2 aliphatic heterocycles. The topological polar surface area (TPSA) is 40.6 Å². The molecule has 2 aromatic rings. The summed E-state index contributed by atoms with van der Waals surface area (Å²) in [5, 5.41) is 0. The molecule has 2 amide bonds. The highest BCUT2D eigenvalue weighted by Crippen LogP contribution is 2.38. The second-order valence-corrected chi connectivity index (χ2v) is 7.42. The highest BCUT2D eigenvalue weighted by atomic mass is 16.2. The van der Waals surface area contributed by atoms with E-state index in [1.165, 1.54) is 10.5 Å². The van der Waals surface area contributed by atoms with Crippen LogP contribution in [0.25, 0.3) is 5.57 Å². The minimum atomic E-state index is -0.244. The molecule has 0 spiro atoms. The molecule has 0 radical (unpaired) electrons. The Morgan fingerprint density at radius 2 is 1.82 bits per heavy atom. The summed E-state index contributed by atoms with van der Waals surface area (Å²) in [6.07, 6.45) is 3.53. The van der Waals surface area contributed by atoms with Crippen LogP contribution in [0, 0.1) is 13.8 Å². The fourth-order valence-corrected chi connectivity index (χ4v) is 4.03. The number of nitrogens with zero attached hydrogens (tertiary/aromatic N) is 2. The molecular weight excluding hydrogens is 348 g/mol. The number of aryl methyl sites for hydroxylation is 3. The Hall–Kier alpha value is -3.14. The number of rotatable bonds is 4. The molecule has 0 atom stereocenters. The number of amides is 2. The van der Waals surface area contributed by atoms with Crippen LogP contribution in [0.2, 0.25) is 0 Å². The number of anilines is 1. The Bertz CT molecular complexity index is 1020. The summed E-state index contributed by atoms with van der Waals surface area (Å²) in [6, 6.07) is 14.1. The van der Waals surface area contributed by atoms with Gasteiger partial charge < -0.3 is 4.90 Å². The zero-order valence-electron chi connectivity index (χ0n) is 16.4. The van der Waals surface area contributed by atoms with Crippen LogP contribution in [0.5, 0.6) is 0 Å². The minimum Gasteiger partial charge on any atom is -0.336 e. The molecule has 0 N–H and O–H groups in total. The fraction of sp³-hybridized carbons (Fsp3) is 0.250. The molecule has 0 fully saturated rings. The maximum atomic E-state index is 13.3. The third-order valence-corrected chi connectivity index (χ3v) is 5.63. The van der Waals surface area contributed by atoms with Crippen molar-refractivity contribution in [3.8, 4) is 0 Å². The summed E-state index contributed by atoms with van der Waals surface area (Å²) < 4.78 is 0. The second-order valence-electron chi connectivity index (χ2n) is 7.42. The Labute approximate surface area is 165 Å². The van der Waals surface area contributed by atoms with Gasteiger partial charge in [0.25, 0.3) is 11.8 Å². The van der Waals surface area contributed by atoms with Crippen molar-refractivity contribution in [2.45, 2.75) is 26.7 Å². The normalized spacial score (nSPS) is 16.6.